The molecule has 0 unspecified atom stereocenters. The van der Waals surface area contributed by atoms with Crippen LogP contribution in [0.1, 0.15) is 44.7 Å². The van der Waals surface area contributed by atoms with Crippen LogP contribution >= 0.6 is 0 Å². The third-order valence-corrected chi connectivity index (χ3v) is 5.50. The van der Waals surface area contributed by atoms with Crippen molar-refractivity contribution in [2.45, 2.75) is 52.0 Å². The van der Waals surface area contributed by atoms with Crippen LogP contribution in [0.4, 0.5) is 0 Å². The second kappa shape index (κ2) is 8.51. The van der Waals surface area contributed by atoms with Gasteiger partial charge in [0, 0.05) is 19.6 Å². The van der Waals surface area contributed by atoms with Crippen molar-refractivity contribution >= 4 is 10.0 Å². The molecule has 0 spiro atoms. The molecule has 4 nitrogen and oxygen atoms in total. The summed E-state index contributed by atoms with van der Waals surface area (Å²) < 4.78 is 26.8. The van der Waals surface area contributed by atoms with Crippen molar-refractivity contribution in [2.24, 2.45) is 0 Å². The molecule has 0 saturated heterocycles. The van der Waals surface area contributed by atoms with Gasteiger partial charge in [0.1, 0.15) is 0 Å². The van der Waals surface area contributed by atoms with Crippen molar-refractivity contribution in [3.05, 3.63) is 29.3 Å². The van der Waals surface area contributed by atoms with E-state index in [4.69, 9.17) is 0 Å². The van der Waals surface area contributed by atoms with Crippen molar-refractivity contribution < 1.29 is 8.42 Å². The molecule has 0 saturated carbocycles. The Labute approximate surface area is 129 Å². The van der Waals surface area contributed by atoms with Gasteiger partial charge in [-0.1, -0.05) is 26.8 Å². The maximum absolute atomic E-state index is 12.7. The number of aryl methyl sites for hydroxylation is 1. The number of nitrogens with one attached hydrogen (secondary N) is 1. The number of benzene rings is 1. The largest absolute Gasteiger partial charge is 0.313 e. The van der Waals surface area contributed by atoms with Gasteiger partial charge < -0.3 is 5.32 Å². The fourth-order valence-corrected chi connectivity index (χ4v) is 3.84. The summed E-state index contributed by atoms with van der Waals surface area (Å²) in [6.07, 6.45) is 1.89. The molecule has 5 heteroatoms. The van der Waals surface area contributed by atoms with Crippen LogP contribution in [0.2, 0.25) is 0 Å². The minimum Gasteiger partial charge on any atom is -0.313 e. The van der Waals surface area contributed by atoms with Crippen LogP contribution in [0.5, 0.6) is 0 Å². The van der Waals surface area contributed by atoms with E-state index in [0.29, 0.717) is 24.5 Å². The lowest BCUT2D eigenvalue weighted by Crippen LogP contribution is -2.31. The highest BCUT2D eigenvalue weighted by Crippen LogP contribution is 2.20. The van der Waals surface area contributed by atoms with Gasteiger partial charge in [0.15, 0.2) is 0 Å². The van der Waals surface area contributed by atoms with Crippen LogP contribution < -0.4 is 5.32 Å². The minimum atomic E-state index is -3.38. The van der Waals surface area contributed by atoms with Gasteiger partial charge in [-0.3, -0.25) is 0 Å². The summed E-state index contributed by atoms with van der Waals surface area (Å²) in [5.74, 6) is 0. The summed E-state index contributed by atoms with van der Waals surface area (Å²) in [6.45, 7) is 10.7. The molecule has 0 amide bonds. The summed E-state index contributed by atoms with van der Waals surface area (Å²) in [4.78, 5) is 0.400. The Hall–Kier alpha value is -0.910. The summed E-state index contributed by atoms with van der Waals surface area (Å²) in [6, 6.07) is 5.42. The smallest absolute Gasteiger partial charge is 0.243 e. The van der Waals surface area contributed by atoms with E-state index in [1.807, 2.05) is 32.9 Å². The Kier molecular flexibility index (Phi) is 7.35. The van der Waals surface area contributed by atoms with E-state index >= 15 is 0 Å². The van der Waals surface area contributed by atoms with E-state index in [1.165, 1.54) is 0 Å². The molecular formula is C16H28N2O2S. The monoisotopic (exact) mass is 312 g/mol. The lowest BCUT2D eigenvalue weighted by Gasteiger charge is -2.20. The van der Waals surface area contributed by atoms with Crippen LogP contribution in [0.25, 0.3) is 0 Å². The highest BCUT2D eigenvalue weighted by molar-refractivity contribution is 7.89. The number of nitrogens with zero attached hydrogens (tertiary/aromatic N) is 1. The number of rotatable bonds is 9. The van der Waals surface area contributed by atoms with E-state index < -0.39 is 10.0 Å². The average Bonchev–Trinajstić information content (AvgIpc) is 2.46. The van der Waals surface area contributed by atoms with Gasteiger partial charge in [0.25, 0.3) is 0 Å². The first-order chi connectivity index (χ1) is 9.97. The number of hydrogen-bond acceptors (Lipinski definition) is 3. The fourth-order valence-electron chi connectivity index (χ4n) is 2.25. The molecule has 0 aliphatic heterocycles. The molecule has 120 valence electrons. The van der Waals surface area contributed by atoms with Crippen LogP contribution in [-0.4, -0.2) is 32.4 Å². The topological polar surface area (TPSA) is 49.4 Å². The summed E-state index contributed by atoms with van der Waals surface area (Å²) in [5.41, 5.74) is 2.17. The molecule has 0 atom stereocenters. The molecule has 0 bridgehead atoms. The predicted octanol–water partition coefficient (Wildman–Crippen LogP) is 2.92. The Balaban J connectivity index is 3.04. The number of hydrogen-bond donors (Lipinski definition) is 1. The van der Waals surface area contributed by atoms with E-state index in [9.17, 15) is 8.42 Å². The molecule has 0 fully saturated rings. The summed E-state index contributed by atoms with van der Waals surface area (Å²) in [5, 5.41) is 3.33. The summed E-state index contributed by atoms with van der Waals surface area (Å²) in [7, 11) is -3.38. The molecule has 21 heavy (non-hydrogen) atoms. The molecule has 1 aromatic rings. The van der Waals surface area contributed by atoms with E-state index in [-0.39, 0.29) is 0 Å². The van der Waals surface area contributed by atoms with Crippen molar-refractivity contribution in [1.82, 2.24) is 9.62 Å². The zero-order valence-corrected chi connectivity index (χ0v) is 14.5. The Bertz CT molecular complexity index is 541. The van der Waals surface area contributed by atoms with E-state index in [2.05, 4.69) is 12.2 Å². The molecular weight excluding hydrogens is 284 g/mol. The maximum atomic E-state index is 12.7. The van der Waals surface area contributed by atoms with Gasteiger partial charge >= 0.3 is 0 Å². The Morgan fingerprint density at radius 2 is 1.86 bits per heavy atom. The maximum Gasteiger partial charge on any atom is 0.243 e. The normalized spacial score (nSPS) is 12.0. The van der Waals surface area contributed by atoms with Crippen molar-refractivity contribution in [3.63, 3.8) is 0 Å². The lowest BCUT2D eigenvalue weighted by atomic mass is 10.1. The van der Waals surface area contributed by atoms with Crippen LogP contribution in [0.15, 0.2) is 23.1 Å². The van der Waals surface area contributed by atoms with Crippen molar-refractivity contribution in [3.8, 4) is 0 Å². The van der Waals surface area contributed by atoms with E-state index in [0.717, 1.165) is 30.5 Å². The van der Waals surface area contributed by atoms with Gasteiger partial charge in [-0.15, -0.1) is 0 Å². The summed E-state index contributed by atoms with van der Waals surface area (Å²) >= 11 is 0. The molecule has 0 heterocycles. The quantitative estimate of drug-likeness (QED) is 0.713. The zero-order valence-electron chi connectivity index (χ0n) is 13.6. The second-order valence-corrected chi connectivity index (χ2v) is 7.20. The first kappa shape index (κ1) is 18.1. The van der Waals surface area contributed by atoms with Gasteiger partial charge in [0.05, 0.1) is 4.90 Å². The lowest BCUT2D eigenvalue weighted by molar-refractivity contribution is 0.427. The van der Waals surface area contributed by atoms with Gasteiger partial charge in [0.2, 0.25) is 10.0 Å². The average molecular weight is 312 g/mol. The van der Waals surface area contributed by atoms with Crippen molar-refractivity contribution in [1.29, 1.82) is 0 Å². The predicted molar refractivity (Wildman–Crippen MR) is 87.9 cm³/mol. The second-order valence-electron chi connectivity index (χ2n) is 5.26. The SMILES string of the molecule is CCCNCc1cc(S(=O)(=O)N(CC)CCC)ccc1C. The first-order valence-corrected chi connectivity index (χ1v) is 9.21. The molecule has 0 aliphatic carbocycles. The third kappa shape index (κ3) is 4.80. The molecule has 1 N–H and O–H groups in total. The van der Waals surface area contributed by atoms with Crippen LogP contribution in [0.3, 0.4) is 0 Å². The Morgan fingerprint density at radius 1 is 1.14 bits per heavy atom. The third-order valence-electron chi connectivity index (χ3n) is 3.53. The standard InChI is InChI=1S/C16H28N2O2S/c1-5-10-17-13-15-12-16(9-8-14(15)4)21(19,20)18(7-3)11-6-2/h8-9,12,17H,5-7,10-11,13H2,1-4H3. The fraction of sp³-hybridized carbons (Fsp3) is 0.625. The van der Waals surface area contributed by atoms with Crippen LogP contribution in [0, 0.1) is 6.92 Å². The molecule has 0 aromatic heterocycles. The van der Waals surface area contributed by atoms with Gasteiger partial charge in [-0.25, -0.2) is 8.42 Å². The van der Waals surface area contributed by atoms with Crippen molar-refractivity contribution in [2.75, 3.05) is 19.6 Å². The zero-order chi connectivity index (χ0) is 15.9. The Morgan fingerprint density at radius 3 is 2.43 bits per heavy atom. The molecule has 1 aromatic carbocycles. The highest BCUT2D eigenvalue weighted by Gasteiger charge is 2.22. The van der Waals surface area contributed by atoms with Gasteiger partial charge in [-0.2, -0.15) is 4.31 Å². The highest BCUT2D eigenvalue weighted by atomic mass is 32.2. The molecule has 1 rings (SSSR count). The minimum absolute atomic E-state index is 0.400. The molecule has 0 radical (unpaired) electrons. The molecule has 0 aliphatic rings. The number of sulfonamides is 1. The van der Waals surface area contributed by atoms with Crippen LogP contribution in [-0.2, 0) is 16.6 Å². The van der Waals surface area contributed by atoms with Gasteiger partial charge in [-0.05, 0) is 49.6 Å². The first-order valence-electron chi connectivity index (χ1n) is 7.77. The van der Waals surface area contributed by atoms with E-state index in [1.54, 1.807) is 10.4 Å².